The van der Waals surface area contributed by atoms with Gasteiger partial charge in [-0.2, -0.15) is 0 Å². The summed E-state index contributed by atoms with van der Waals surface area (Å²) < 4.78 is 13.0. The summed E-state index contributed by atoms with van der Waals surface area (Å²) in [5, 5.41) is 2.99. The minimum absolute atomic E-state index is 0.0563. The number of benzene rings is 1. The van der Waals surface area contributed by atoms with Gasteiger partial charge in [0.15, 0.2) is 13.1 Å². The normalized spacial score (nSPS) is 16.9. The molecule has 27 heavy (non-hydrogen) atoms. The monoisotopic (exact) mass is 380 g/mol. The van der Waals surface area contributed by atoms with Gasteiger partial charge < -0.3 is 20.0 Å². The van der Waals surface area contributed by atoms with Crippen LogP contribution in [0.5, 0.6) is 0 Å². The highest BCUT2D eigenvalue weighted by atomic mass is 19.1. The maximum atomic E-state index is 13.0. The second-order valence-electron chi connectivity index (χ2n) is 8.54. The topological polar surface area (TPSA) is 58.3 Å². The van der Waals surface area contributed by atoms with E-state index in [9.17, 15) is 14.0 Å². The average Bonchev–Trinajstić information content (AvgIpc) is 2.55. The number of rotatable bonds is 6. The summed E-state index contributed by atoms with van der Waals surface area (Å²) in [4.78, 5) is 28.7. The van der Waals surface area contributed by atoms with Crippen molar-refractivity contribution in [3.63, 3.8) is 0 Å². The van der Waals surface area contributed by atoms with Crippen LogP contribution in [0.4, 0.5) is 4.39 Å². The third-order valence-electron chi connectivity index (χ3n) is 4.62. The molecule has 1 aliphatic rings. The summed E-state index contributed by atoms with van der Waals surface area (Å²) in [5.41, 5.74) is 0.799. The summed E-state index contributed by atoms with van der Waals surface area (Å²) in [5.74, 6) is -0.0578. The van der Waals surface area contributed by atoms with Crippen LogP contribution in [0.3, 0.4) is 0 Å². The van der Waals surface area contributed by atoms with Crippen LogP contribution in [0.25, 0.3) is 0 Å². The minimum atomic E-state index is -0.246. The third-order valence-corrected chi connectivity index (χ3v) is 4.62. The van der Waals surface area contributed by atoms with Crippen LogP contribution in [-0.2, 0) is 16.1 Å². The lowest BCUT2D eigenvalue weighted by atomic mass is 10.1. The number of piperazine rings is 1. The second kappa shape index (κ2) is 9.28. The first-order valence-corrected chi connectivity index (χ1v) is 9.60. The smallest absolute Gasteiger partial charge is 0.278 e. The number of carbonyl (C=O) groups excluding carboxylic acids is 2. The van der Waals surface area contributed by atoms with Crippen molar-refractivity contribution < 1.29 is 23.8 Å². The van der Waals surface area contributed by atoms with Gasteiger partial charge >= 0.3 is 0 Å². The number of nitrogens with zero attached hydrogens (tertiary/aromatic N) is 1. The van der Waals surface area contributed by atoms with Gasteiger partial charge in [-0.25, -0.2) is 4.39 Å². The zero-order chi connectivity index (χ0) is 20.0. The molecule has 7 heteroatoms. The molecular weight excluding hydrogens is 347 g/mol. The molecular formula is C20H33FN4O2+2. The van der Waals surface area contributed by atoms with E-state index in [1.54, 1.807) is 12.1 Å². The van der Waals surface area contributed by atoms with Gasteiger partial charge in [0.05, 0.1) is 33.2 Å². The first-order chi connectivity index (χ1) is 12.6. The van der Waals surface area contributed by atoms with E-state index in [2.05, 4.69) is 5.32 Å². The van der Waals surface area contributed by atoms with E-state index >= 15 is 0 Å². The fraction of sp³-hybridized carbons (Fsp3) is 0.600. The zero-order valence-electron chi connectivity index (χ0n) is 16.9. The molecule has 1 fully saturated rings. The van der Waals surface area contributed by atoms with Gasteiger partial charge in [0, 0.05) is 11.1 Å². The van der Waals surface area contributed by atoms with Crippen LogP contribution in [0.2, 0.25) is 0 Å². The summed E-state index contributed by atoms with van der Waals surface area (Å²) in [6, 6.07) is 6.41. The van der Waals surface area contributed by atoms with E-state index in [0.717, 1.165) is 23.6 Å². The van der Waals surface area contributed by atoms with Crippen molar-refractivity contribution in [2.24, 2.45) is 0 Å². The van der Waals surface area contributed by atoms with E-state index in [-0.39, 0.29) is 23.2 Å². The Balaban J connectivity index is 1.72. The zero-order valence-corrected chi connectivity index (χ0v) is 16.9. The quantitative estimate of drug-likeness (QED) is 0.562. The van der Waals surface area contributed by atoms with Crippen LogP contribution >= 0.6 is 0 Å². The molecule has 1 saturated heterocycles. The molecule has 1 heterocycles. The molecule has 1 atom stereocenters. The SMILES string of the molecule is C[NH+](CC(=O)N1CC[NH+](CC(=O)NC(C)(C)C)CC1)Cc1ccc(F)cc1. The standard InChI is InChI=1S/C20H31FN4O2/c1-20(2,3)22-18(26)14-24-9-11-25(12-10-24)19(27)15-23(4)13-16-5-7-17(21)8-6-16/h5-8H,9-15H2,1-4H3,(H,22,26)/p+2. The summed E-state index contributed by atoms with van der Waals surface area (Å²) in [7, 11) is 1.97. The van der Waals surface area contributed by atoms with E-state index in [0.29, 0.717) is 32.7 Å². The molecule has 1 unspecified atom stereocenters. The first-order valence-electron chi connectivity index (χ1n) is 9.60. The van der Waals surface area contributed by atoms with E-state index in [1.807, 2.05) is 32.7 Å². The number of nitrogens with one attached hydrogen (secondary N) is 3. The lowest BCUT2D eigenvalue weighted by Gasteiger charge is -2.32. The van der Waals surface area contributed by atoms with Crippen LogP contribution in [0.1, 0.15) is 26.3 Å². The highest BCUT2D eigenvalue weighted by Crippen LogP contribution is 2.01. The van der Waals surface area contributed by atoms with E-state index < -0.39 is 0 Å². The van der Waals surface area contributed by atoms with Gasteiger partial charge in [-0.1, -0.05) is 12.1 Å². The summed E-state index contributed by atoms with van der Waals surface area (Å²) in [6.07, 6.45) is 0. The Labute approximate surface area is 161 Å². The largest absolute Gasteiger partial charge is 0.347 e. The fourth-order valence-corrected chi connectivity index (χ4v) is 3.32. The molecule has 0 aliphatic carbocycles. The predicted molar refractivity (Wildman–Crippen MR) is 102 cm³/mol. The summed E-state index contributed by atoms with van der Waals surface area (Å²) >= 11 is 0. The van der Waals surface area contributed by atoms with Gasteiger partial charge in [-0.05, 0) is 32.9 Å². The molecule has 0 bridgehead atoms. The Kier molecular flexibility index (Phi) is 7.33. The number of hydrogen-bond donors (Lipinski definition) is 3. The Morgan fingerprint density at radius 3 is 2.33 bits per heavy atom. The molecule has 2 rings (SSSR count). The van der Waals surface area contributed by atoms with Gasteiger partial charge in [0.2, 0.25) is 0 Å². The van der Waals surface area contributed by atoms with Crippen molar-refractivity contribution >= 4 is 11.8 Å². The Hall–Kier alpha value is -1.99. The maximum absolute atomic E-state index is 13.0. The predicted octanol–water partition coefficient (Wildman–Crippen LogP) is -1.52. The molecule has 0 radical (unpaired) electrons. The van der Waals surface area contributed by atoms with Crippen molar-refractivity contribution in [1.29, 1.82) is 0 Å². The molecule has 2 amide bonds. The van der Waals surface area contributed by atoms with Crippen LogP contribution in [0, 0.1) is 5.82 Å². The molecule has 1 aromatic carbocycles. The maximum Gasteiger partial charge on any atom is 0.278 e. The minimum Gasteiger partial charge on any atom is -0.347 e. The van der Waals surface area contributed by atoms with E-state index in [4.69, 9.17) is 0 Å². The van der Waals surface area contributed by atoms with Crippen LogP contribution in [-0.4, -0.2) is 68.6 Å². The van der Waals surface area contributed by atoms with Crippen molar-refractivity contribution in [2.75, 3.05) is 46.3 Å². The molecule has 1 aliphatic heterocycles. The Morgan fingerprint density at radius 2 is 1.78 bits per heavy atom. The average molecular weight is 381 g/mol. The van der Waals surface area contributed by atoms with Crippen molar-refractivity contribution in [2.45, 2.75) is 32.9 Å². The van der Waals surface area contributed by atoms with Gasteiger partial charge in [0.25, 0.3) is 11.8 Å². The molecule has 150 valence electrons. The number of hydrogen-bond acceptors (Lipinski definition) is 2. The molecule has 0 saturated carbocycles. The van der Waals surface area contributed by atoms with Gasteiger partial charge in [-0.3, -0.25) is 9.59 Å². The number of amides is 2. The highest BCUT2D eigenvalue weighted by Gasteiger charge is 2.27. The number of likely N-dealkylation sites (N-methyl/N-ethyl adjacent to an activating group) is 1. The van der Waals surface area contributed by atoms with Crippen molar-refractivity contribution in [3.8, 4) is 0 Å². The second-order valence-corrected chi connectivity index (χ2v) is 8.54. The molecule has 6 nitrogen and oxygen atoms in total. The number of quaternary nitrogens is 2. The third kappa shape index (κ3) is 7.64. The molecule has 0 spiro atoms. The number of halogens is 1. The van der Waals surface area contributed by atoms with Gasteiger partial charge in [-0.15, -0.1) is 0 Å². The molecule has 0 aromatic heterocycles. The van der Waals surface area contributed by atoms with Crippen molar-refractivity contribution in [3.05, 3.63) is 35.6 Å². The molecule has 1 aromatic rings. The summed E-state index contributed by atoms with van der Waals surface area (Å²) in [6.45, 7) is 10.4. The number of carbonyl (C=O) groups is 2. The van der Waals surface area contributed by atoms with Crippen LogP contribution in [0.15, 0.2) is 24.3 Å². The lowest BCUT2D eigenvalue weighted by molar-refractivity contribution is -0.897. The van der Waals surface area contributed by atoms with Crippen molar-refractivity contribution in [1.82, 2.24) is 10.2 Å². The lowest BCUT2D eigenvalue weighted by Crippen LogP contribution is -3.16. The Bertz CT molecular complexity index is 634. The fourth-order valence-electron chi connectivity index (χ4n) is 3.32. The highest BCUT2D eigenvalue weighted by molar-refractivity contribution is 5.78. The Morgan fingerprint density at radius 1 is 1.19 bits per heavy atom. The first kappa shape index (κ1) is 21.3. The van der Waals surface area contributed by atoms with Gasteiger partial charge in [0.1, 0.15) is 12.4 Å². The molecule has 3 N–H and O–H groups in total. The van der Waals surface area contributed by atoms with E-state index in [1.165, 1.54) is 17.0 Å². The van der Waals surface area contributed by atoms with Crippen LogP contribution < -0.4 is 15.1 Å².